The molecule has 1 aromatic heterocycles. The van der Waals surface area contributed by atoms with Gasteiger partial charge in [0.2, 0.25) is 5.88 Å². The first kappa shape index (κ1) is 23.2. The largest absolute Gasteiger partial charge is 0.491 e. The fraction of sp³-hybridized carbons (Fsp3) is 0.421. The maximum atomic E-state index is 12.6. The highest BCUT2D eigenvalue weighted by Gasteiger charge is 2.17. The van der Waals surface area contributed by atoms with Crippen LogP contribution in [0.3, 0.4) is 0 Å². The summed E-state index contributed by atoms with van der Waals surface area (Å²) in [6.07, 6.45) is 2.22. The van der Waals surface area contributed by atoms with E-state index in [1.54, 1.807) is 19.1 Å². The zero-order valence-electron chi connectivity index (χ0n) is 16.1. The third-order valence-electron chi connectivity index (χ3n) is 4.38. The number of benzene rings is 1. The molecule has 3 rings (SSSR count). The number of pyridine rings is 1. The van der Waals surface area contributed by atoms with Gasteiger partial charge in [0.15, 0.2) is 0 Å². The predicted octanol–water partition coefficient (Wildman–Crippen LogP) is 3.09. The molecule has 0 amide bonds. The summed E-state index contributed by atoms with van der Waals surface area (Å²) in [6.45, 7) is 2.58. The maximum Gasteiger partial charge on any atom is 0.261 e. The van der Waals surface area contributed by atoms with E-state index in [4.69, 9.17) is 9.47 Å². The fourth-order valence-electron chi connectivity index (χ4n) is 2.89. The second-order valence-electron chi connectivity index (χ2n) is 6.50. The number of halogens is 2. The molecule has 160 valence electrons. The summed E-state index contributed by atoms with van der Waals surface area (Å²) in [5, 5.41) is 3.35. The minimum Gasteiger partial charge on any atom is -0.491 e. The number of sulfonamides is 1. The third-order valence-corrected chi connectivity index (χ3v) is 5.76. The molecule has 2 aromatic rings. The Balaban J connectivity index is 0.00000300. The van der Waals surface area contributed by atoms with E-state index >= 15 is 0 Å². The van der Waals surface area contributed by atoms with E-state index in [1.807, 2.05) is 0 Å². The lowest BCUT2D eigenvalue weighted by atomic mass is 10.2. The van der Waals surface area contributed by atoms with E-state index in [0.717, 1.165) is 19.4 Å². The van der Waals surface area contributed by atoms with Gasteiger partial charge in [-0.2, -0.15) is 0 Å². The van der Waals surface area contributed by atoms with Gasteiger partial charge < -0.3 is 14.8 Å². The second-order valence-corrected chi connectivity index (χ2v) is 8.18. The zero-order valence-corrected chi connectivity index (χ0v) is 17.7. The number of hydrogen-bond acceptors (Lipinski definition) is 6. The molecule has 1 aromatic carbocycles. The van der Waals surface area contributed by atoms with Crippen LogP contribution in [-0.4, -0.2) is 45.9 Å². The molecule has 10 heteroatoms. The molecule has 1 aliphatic rings. The lowest BCUT2D eigenvalue weighted by Crippen LogP contribution is -2.28. The number of hydrogen-bond donors (Lipinski definition) is 2. The minimum absolute atomic E-state index is 0. The lowest BCUT2D eigenvalue weighted by Gasteiger charge is -2.14. The van der Waals surface area contributed by atoms with Crippen molar-refractivity contribution in [1.82, 2.24) is 10.3 Å². The zero-order chi connectivity index (χ0) is 20.0. The van der Waals surface area contributed by atoms with Gasteiger partial charge in [-0.15, -0.1) is 12.4 Å². The molecule has 0 radical (unpaired) electrons. The van der Waals surface area contributed by atoms with E-state index < -0.39 is 16.7 Å². The number of nitrogens with zero attached hydrogens (tertiary/aromatic N) is 1. The quantitative estimate of drug-likeness (QED) is 0.616. The van der Waals surface area contributed by atoms with Crippen LogP contribution in [0.15, 0.2) is 41.3 Å². The van der Waals surface area contributed by atoms with Gasteiger partial charge in [0, 0.05) is 12.1 Å². The first-order chi connectivity index (χ1) is 13.5. The Morgan fingerprint density at radius 1 is 1.21 bits per heavy atom. The van der Waals surface area contributed by atoms with Crippen molar-refractivity contribution in [2.75, 3.05) is 31.2 Å². The molecule has 0 aliphatic carbocycles. The van der Waals surface area contributed by atoms with Crippen LogP contribution >= 0.6 is 12.4 Å². The Morgan fingerprint density at radius 3 is 2.59 bits per heavy atom. The molecular weight excluding hydrogens is 421 g/mol. The number of aromatic nitrogens is 1. The number of anilines is 1. The van der Waals surface area contributed by atoms with Crippen LogP contribution in [0.2, 0.25) is 0 Å². The number of aryl methyl sites for hydroxylation is 1. The van der Waals surface area contributed by atoms with E-state index in [2.05, 4.69) is 15.0 Å². The molecule has 7 nitrogen and oxygen atoms in total. The van der Waals surface area contributed by atoms with Gasteiger partial charge in [0.1, 0.15) is 25.6 Å². The molecule has 0 unspecified atom stereocenters. The van der Waals surface area contributed by atoms with Gasteiger partial charge in [-0.1, -0.05) is 0 Å². The van der Waals surface area contributed by atoms with Crippen molar-refractivity contribution in [3.63, 3.8) is 0 Å². The van der Waals surface area contributed by atoms with Gasteiger partial charge in [-0.3, -0.25) is 4.72 Å². The summed E-state index contributed by atoms with van der Waals surface area (Å²) in [4.78, 5) is 4.40. The Morgan fingerprint density at radius 2 is 1.97 bits per heavy atom. The summed E-state index contributed by atoms with van der Waals surface area (Å²) in [5.74, 6) is 0.871. The highest BCUT2D eigenvalue weighted by molar-refractivity contribution is 7.92. The smallest absolute Gasteiger partial charge is 0.261 e. The Bertz CT molecular complexity index is 891. The molecule has 2 N–H and O–H groups in total. The van der Waals surface area contributed by atoms with E-state index in [9.17, 15) is 12.8 Å². The van der Waals surface area contributed by atoms with Crippen LogP contribution < -0.4 is 19.5 Å². The number of rotatable bonds is 9. The summed E-state index contributed by atoms with van der Waals surface area (Å²) < 4.78 is 50.6. The summed E-state index contributed by atoms with van der Waals surface area (Å²) in [5.41, 5.74) is 0.896. The minimum atomic E-state index is -3.78. The topological polar surface area (TPSA) is 89.5 Å². The van der Waals surface area contributed by atoms with Crippen LogP contribution in [0, 0.1) is 6.92 Å². The molecule has 29 heavy (non-hydrogen) atoms. The van der Waals surface area contributed by atoms with Gasteiger partial charge in [0.25, 0.3) is 10.0 Å². The second kappa shape index (κ2) is 10.6. The number of ether oxygens (including phenoxy) is 2. The molecule has 0 bridgehead atoms. The first-order valence-corrected chi connectivity index (χ1v) is 10.6. The molecule has 1 saturated heterocycles. The SMILES string of the molecule is Cc1nc(OC[C@@H]2CCCN2)ccc1NS(=O)(=O)c1ccc(OCCF)cc1.Cl. The highest BCUT2D eigenvalue weighted by Crippen LogP contribution is 2.23. The summed E-state index contributed by atoms with van der Waals surface area (Å²) >= 11 is 0. The monoisotopic (exact) mass is 445 g/mol. The van der Waals surface area contributed by atoms with E-state index in [0.29, 0.717) is 35.7 Å². The van der Waals surface area contributed by atoms with Crippen LogP contribution in [-0.2, 0) is 10.0 Å². The third kappa shape index (κ3) is 6.45. The molecule has 0 spiro atoms. The highest BCUT2D eigenvalue weighted by atomic mass is 35.5. The molecule has 0 saturated carbocycles. The van der Waals surface area contributed by atoms with E-state index in [1.165, 1.54) is 24.3 Å². The van der Waals surface area contributed by atoms with Crippen molar-refractivity contribution in [2.45, 2.75) is 30.7 Å². The molecule has 1 fully saturated rings. The van der Waals surface area contributed by atoms with Crippen LogP contribution in [0.25, 0.3) is 0 Å². The normalized spacial score (nSPS) is 16.1. The van der Waals surface area contributed by atoms with Gasteiger partial charge in [-0.05, 0) is 56.6 Å². The van der Waals surface area contributed by atoms with Gasteiger partial charge in [-0.25, -0.2) is 17.8 Å². The van der Waals surface area contributed by atoms with Gasteiger partial charge in [0.05, 0.1) is 16.3 Å². The standard InChI is InChI=1S/C19H24FN3O4S.ClH/c1-14-18(8-9-19(22-14)27-13-15-3-2-11-21-15)23-28(24,25)17-6-4-16(5-7-17)26-12-10-20;/h4-9,15,21,23H,2-3,10-13H2,1H3;1H/t15-;/m0./s1. The van der Waals surface area contributed by atoms with Gasteiger partial charge >= 0.3 is 0 Å². The average molecular weight is 446 g/mol. The Hall–Kier alpha value is -2.10. The number of nitrogens with one attached hydrogen (secondary N) is 2. The molecule has 2 heterocycles. The Kier molecular flexibility index (Phi) is 8.48. The molecular formula is C19H25ClFN3O4S. The van der Waals surface area contributed by atoms with Crippen molar-refractivity contribution in [2.24, 2.45) is 0 Å². The van der Waals surface area contributed by atoms with Crippen molar-refractivity contribution in [3.8, 4) is 11.6 Å². The summed E-state index contributed by atoms with van der Waals surface area (Å²) in [7, 11) is -3.78. The first-order valence-electron chi connectivity index (χ1n) is 9.13. The molecule has 1 aliphatic heterocycles. The summed E-state index contributed by atoms with van der Waals surface area (Å²) in [6, 6.07) is 9.41. The molecule has 1 atom stereocenters. The number of alkyl halides is 1. The van der Waals surface area contributed by atoms with Crippen LogP contribution in [0.1, 0.15) is 18.5 Å². The predicted molar refractivity (Wildman–Crippen MR) is 111 cm³/mol. The fourth-order valence-corrected chi connectivity index (χ4v) is 4.00. The van der Waals surface area contributed by atoms with Crippen LogP contribution in [0.4, 0.5) is 10.1 Å². The lowest BCUT2D eigenvalue weighted by molar-refractivity contribution is 0.267. The van der Waals surface area contributed by atoms with Crippen molar-refractivity contribution in [3.05, 3.63) is 42.1 Å². The maximum absolute atomic E-state index is 12.6. The van der Waals surface area contributed by atoms with Crippen LogP contribution in [0.5, 0.6) is 11.6 Å². The Labute approximate surface area is 176 Å². The van der Waals surface area contributed by atoms with Crippen molar-refractivity contribution < 1.29 is 22.3 Å². The van der Waals surface area contributed by atoms with E-state index in [-0.39, 0.29) is 23.9 Å². The average Bonchev–Trinajstić information content (AvgIpc) is 3.20. The van der Waals surface area contributed by atoms with Crippen molar-refractivity contribution >= 4 is 28.1 Å². The van der Waals surface area contributed by atoms with Crippen molar-refractivity contribution in [1.29, 1.82) is 0 Å².